The number of hydrogen-bond donors (Lipinski definition) is 1. The highest BCUT2D eigenvalue weighted by atomic mass is 16.5. The van der Waals surface area contributed by atoms with E-state index in [0.717, 1.165) is 35.5 Å². The molecule has 5 rings (SSSR count). The molecule has 8 nitrogen and oxygen atoms in total. The van der Waals surface area contributed by atoms with Crippen LogP contribution in [0, 0.1) is 6.92 Å². The van der Waals surface area contributed by atoms with Gasteiger partial charge < -0.3 is 19.4 Å². The van der Waals surface area contributed by atoms with Crippen LogP contribution in [-0.4, -0.2) is 47.0 Å². The van der Waals surface area contributed by atoms with Crippen LogP contribution in [0.3, 0.4) is 0 Å². The molecule has 1 N–H and O–H groups in total. The summed E-state index contributed by atoms with van der Waals surface area (Å²) in [6, 6.07) is 13.2. The van der Waals surface area contributed by atoms with Gasteiger partial charge in [-0.15, -0.1) is 0 Å². The molecule has 4 aromatic rings. The number of aryl methyl sites for hydroxylation is 2. The molecule has 0 unspecified atom stereocenters. The van der Waals surface area contributed by atoms with Gasteiger partial charge in [-0.05, 0) is 37.3 Å². The van der Waals surface area contributed by atoms with Crippen molar-refractivity contribution in [2.75, 3.05) is 36.5 Å². The summed E-state index contributed by atoms with van der Waals surface area (Å²) in [5.74, 6) is 0.389. The van der Waals surface area contributed by atoms with Gasteiger partial charge in [0, 0.05) is 20.1 Å². The number of hydrogen-bond acceptors (Lipinski definition) is 6. The lowest BCUT2D eigenvalue weighted by atomic mass is 10.1. The Morgan fingerprint density at radius 1 is 1.13 bits per heavy atom. The number of carbonyl (C=O) groups is 1. The maximum atomic E-state index is 13.5. The van der Waals surface area contributed by atoms with Gasteiger partial charge in [0.2, 0.25) is 0 Å². The van der Waals surface area contributed by atoms with Gasteiger partial charge in [-0.3, -0.25) is 9.48 Å². The van der Waals surface area contributed by atoms with Crippen LogP contribution in [-0.2, 0) is 11.8 Å². The third-order valence-electron chi connectivity index (χ3n) is 5.49. The second kappa shape index (κ2) is 7.88. The fourth-order valence-corrected chi connectivity index (χ4v) is 4.02. The molecule has 0 spiro atoms. The Hall–Kier alpha value is -3.65. The predicted octanol–water partition coefficient (Wildman–Crippen LogP) is 3.63. The van der Waals surface area contributed by atoms with Gasteiger partial charge in [0.05, 0.1) is 47.5 Å². The van der Waals surface area contributed by atoms with Gasteiger partial charge in [-0.25, -0.2) is 4.98 Å². The molecule has 0 radical (unpaired) electrons. The lowest BCUT2D eigenvalue weighted by molar-refractivity contribution is 0.102. The summed E-state index contributed by atoms with van der Waals surface area (Å²) in [5, 5.41) is 8.32. The van der Waals surface area contributed by atoms with Crippen molar-refractivity contribution in [3.05, 3.63) is 60.0 Å². The van der Waals surface area contributed by atoms with Crippen LogP contribution in [0.15, 0.2) is 53.1 Å². The fraction of sp³-hybridized carbons (Fsp3) is 0.261. The number of pyridine rings is 1. The third kappa shape index (κ3) is 3.55. The number of morpholine rings is 1. The first-order valence-corrected chi connectivity index (χ1v) is 10.2. The number of amides is 1. The number of nitrogens with zero attached hydrogens (tertiary/aromatic N) is 4. The highest BCUT2D eigenvalue weighted by Crippen LogP contribution is 2.30. The van der Waals surface area contributed by atoms with E-state index in [4.69, 9.17) is 9.15 Å². The summed E-state index contributed by atoms with van der Waals surface area (Å²) >= 11 is 0. The summed E-state index contributed by atoms with van der Waals surface area (Å²) in [6.45, 7) is 4.81. The van der Waals surface area contributed by atoms with Crippen molar-refractivity contribution in [3.8, 4) is 11.5 Å². The SMILES string of the molecule is Cc1nn(C)c2nc(-c3ccco3)cc(C(=O)Nc3ccccc3N3CCOCC3)c12. The molecule has 8 heteroatoms. The molecule has 158 valence electrons. The molecule has 0 bridgehead atoms. The molecule has 1 fully saturated rings. The Balaban J connectivity index is 1.56. The zero-order valence-corrected chi connectivity index (χ0v) is 17.5. The van der Waals surface area contributed by atoms with Crippen molar-refractivity contribution in [2.24, 2.45) is 7.05 Å². The average molecular weight is 417 g/mol. The lowest BCUT2D eigenvalue weighted by Gasteiger charge is -2.30. The molecule has 1 aliphatic heterocycles. The standard InChI is InChI=1S/C23H23N5O3/c1-15-21-16(14-18(20-8-5-11-31-20)24-22(21)27(2)26-15)23(29)25-17-6-3-4-7-19(17)28-9-12-30-13-10-28/h3-8,11,14H,9-10,12-13H2,1-2H3,(H,25,29). The number of fused-ring (bicyclic) bond motifs is 1. The number of nitrogens with one attached hydrogen (secondary N) is 1. The first-order chi connectivity index (χ1) is 15.1. The molecule has 0 aliphatic carbocycles. The number of anilines is 2. The number of furan rings is 1. The first kappa shape index (κ1) is 19.3. The Bertz CT molecular complexity index is 1240. The highest BCUT2D eigenvalue weighted by molar-refractivity contribution is 6.14. The van der Waals surface area contributed by atoms with E-state index in [9.17, 15) is 4.79 Å². The van der Waals surface area contributed by atoms with Crippen molar-refractivity contribution >= 4 is 28.3 Å². The van der Waals surface area contributed by atoms with Crippen LogP contribution in [0.4, 0.5) is 11.4 Å². The minimum atomic E-state index is -0.211. The Morgan fingerprint density at radius 2 is 1.94 bits per heavy atom. The number of carbonyl (C=O) groups excluding carboxylic acids is 1. The number of ether oxygens (including phenoxy) is 1. The summed E-state index contributed by atoms with van der Waals surface area (Å²) in [5.41, 5.74) is 4.24. The molecular formula is C23H23N5O3. The molecule has 1 aromatic carbocycles. The maximum Gasteiger partial charge on any atom is 0.256 e. The fourth-order valence-electron chi connectivity index (χ4n) is 4.02. The summed E-state index contributed by atoms with van der Waals surface area (Å²) in [7, 11) is 1.82. The van der Waals surface area contributed by atoms with Gasteiger partial charge in [-0.2, -0.15) is 5.10 Å². The second-order valence-electron chi connectivity index (χ2n) is 7.51. The molecule has 3 aromatic heterocycles. The molecule has 4 heterocycles. The maximum absolute atomic E-state index is 13.5. The molecule has 1 amide bonds. The molecule has 0 atom stereocenters. The average Bonchev–Trinajstić information content (AvgIpc) is 3.43. The first-order valence-electron chi connectivity index (χ1n) is 10.2. The van der Waals surface area contributed by atoms with Gasteiger partial charge in [0.15, 0.2) is 11.4 Å². The second-order valence-corrected chi connectivity index (χ2v) is 7.51. The predicted molar refractivity (Wildman–Crippen MR) is 118 cm³/mol. The Morgan fingerprint density at radius 3 is 2.71 bits per heavy atom. The minimum absolute atomic E-state index is 0.211. The lowest BCUT2D eigenvalue weighted by Crippen LogP contribution is -2.36. The van der Waals surface area contributed by atoms with Crippen molar-refractivity contribution in [2.45, 2.75) is 6.92 Å². The van der Waals surface area contributed by atoms with Gasteiger partial charge >= 0.3 is 0 Å². The Kier molecular flexibility index (Phi) is 4.91. The van der Waals surface area contributed by atoms with Crippen LogP contribution < -0.4 is 10.2 Å². The van der Waals surface area contributed by atoms with Crippen molar-refractivity contribution in [1.29, 1.82) is 0 Å². The third-order valence-corrected chi connectivity index (χ3v) is 5.49. The molecule has 31 heavy (non-hydrogen) atoms. The minimum Gasteiger partial charge on any atom is -0.463 e. The molecule has 1 aliphatic rings. The highest BCUT2D eigenvalue weighted by Gasteiger charge is 2.22. The number of benzene rings is 1. The zero-order valence-electron chi connectivity index (χ0n) is 17.5. The van der Waals surface area contributed by atoms with Crippen LogP contribution in [0.25, 0.3) is 22.5 Å². The smallest absolute Gasteiger partial charge is 0.256 e. The topological polar surface area (TPSA) is 85.4 Å². The Labute approximate surface area is 179 Å². The normalized spacial score (nSPS) is 14.2. The van der Waals surface area contributed by atoms with Gasteiger partial charge in [-0.1, -0.05) is 12.1 Å². The van der Waals surface area contributed by atoms with E-state index in [1.807, 2.05) is 44.3 Å². The summed E-state index contributed by atoms with van der Waals surface area (Å²) in [4.78, 5) is 20.4. The van der Waals surface area contributed by atoms with Gasteiger partial charge in [0.1, 0.15) is 5.69 Å². The van der Waals surface area contributed by atoms with Crippen molar-refractivity contribution in [1.82, 2.24) is 14.8 Å². The molecule has 1 saturated heterocycles. The largest absolute Gasteiger partial charge is 0.463 e. The number of para-hydroxylation sites is 2. The van der Waals surface area contributed by atoms with E-state index in [0.29, 0.717) is 35.9 Å². The number of rotatable bonds is 4. The zero-order chi connectivity index (χ0) is 21.4. The van der Waals surface area contributed by atoms with Crippen molar-refractivity contribution in [3.63, 3.8) is 0 Å². The quantitative estimate of drug-likeness (QED) is 0.546. The van der Waals surface area contributed by atoms with Crippen LogP contribution in [0.5, 0.6) is 0 Å². The van der Waals surface area contributed by atoms with E-state index in [2.05, 4.69) is 20.3 Å². The van der Waals surface area contributed by atoms with Crippen molar-refractivity contribution < 1.29 is 13.9 Å². The monoisotopic (exact) mass is 417 g/mol. The van der Waals surface area contributed by atoms with E-state index in [1.54, 1.807) is 23.1 Å². The summed E-state index contributed by atoms with van der Waals surface area (Å²) in [6.07, 6.45) is 1.59. The van der Waals surface area contributed by atoms with E-state index in [1.165, 1.54) is 0 Å². The van der Waals surface area contributed by atoms with E-state index < -0.39 is 0 Å². The van der Waals surface area contributed by atoms with E-state index >= 15 is 0 Å². The van der Waals surface area contributed by atoms with E-state index in [-0.39, 0.29) is 5.91 Å². The molecular weight excluding hydrogens is 394 g/mol. The van der Waals surface area contributed by atoms with Crippen LogP contribution in [0.2, 0.25) is 0 Å². The van der Waals surface area contributed by atoms with Gasteiger partial charge in [0.25, 0.3) is 5.91 Å². The number of aromatic nitrogens is 3. The summed E-state index contributed by atoms with van der Waals surface area (Å²) < 4.78 is 12.7. The van der Waals surface area contributed by atoms with Crippen LogP contribution in [0.1, 0.15) is 16.1 Å². The molecule has 0 saturated carbocycles. The van der Waals surface area contributed by atoms with Crippen LogP contribution >= 0.6 is 0 Å².